The van der Waals surface area contributed by atoms with Gasteiger partial charge in [0, 0.05) is 16.1 Å². The summed E-state index contributed by atoms with van der Waals surface area (Å²) >= 11 is 6.30. The first kappa shape index (κ1) is 23.7. The fraction of sp³-hybridized carbons (Fsp3) is 0.240. The van der Waals surface area contributed by atoms with E-state index in [1.54, 1.807) is 18.2 Å². The Morgan fingerprint density at radius 2 is 1.82 bits per heavy atom. The van der Waals surface area contributed by atoms with Crippen LogP contribution >= 0.6 is 11.6 Å². The molecule has 0 aliphatic heterocycles. The van der Waals surface area contributed by atoms with Crippen LogP contribution in [0.2, 0.25) is 5.02 Å². The molecular weight excluding hydrogens is 440 g/mol. The molecule has 0 saturated heterocycles. The third kappa shape index (κ3) is 4.64. The fourth-order valence-corrected chi connectivity index (χ4v) is 3.75. The van der Waals surface area contributed by atoms with Gasteiger partial charge < -0.3 is 20.2 Å². The number of rotatable bonds is 6. The number of anilines is 1. The van der Waals surface area contributed by atoms with Crippen LogP contribution in [0.5, 0.6) is 11.5 Å². The largest absolute Gasteiger partial charge is 0.496 e. The predicted octanol–water partition coefficient (Wildman–Crippen LogP) is 5.04. The molecule has 2 aromatic carbocycles. The van der Waals surface area contributed by atoms with Crippen molar-refractivity contribution in [1.29, 1.82) is 10.5 Å². The van der Waals surface area contributed by atoms with Crippen molar-refractivity contribution >= 4 is 17.4 Å². The quantitative estimate of drug-likeness (QED) is 0.528. The van der Waals surface area contributed by atoms with E-state index in [-0.39, 0.29) is 35.0 Å². The second-order valence-electron chi connectivity index (χ2n) is 7.83. The molecule has 3 N–H and O–H groups in total. The minimum Gasteiger partial charge on any atom is -0.496 e. The molecule has 0 saturated carbocycles. The van der Waals surface area contributed by atoms with Crippen LogP contribution in [0, 0.1) is 29.6 Å². The number of nitrogens with one attached hydrogen (secondary N) is 1. The number of nitrogens with zero attached hydrogens (tertiary/aromatic N) is 2. The SMILES string of the molecule is COc1ccc(-c2c(C#N)c(N)[nH]c(=O)c2C#N)cc1COc1cc(C)c(Cl)cc1C(C)C. The van der Waals surface area contributed by atoms with Crippen LogP contribution in [0.25, 0.3) is 11.1 Å². The van der Waals surface area contributed by atoms with E-state index in [4.69, 9.17) is 26.8 Å². The lowest BCUT2D eigenvalue weighted by atomic mass is 9.95. The number of benzene rings is 2. The molecule has 3 rings (SSSR count). The monoisotopic (exact) mass is 462 g/mol. The van der Waals surface area contributed by atoms with E-state index in [2.05, 4.69) is 18.8 Å². The van der Waals surface area contributed by atoms with Crippen molar-refractivity contribution < 1.29 is 9.47 Å². The van der Waals surface area contributed by atoms with Gasteiger partial charge in [-0.2, -0.15) is 10.5 Å². The Kier molecular flexibility index (Phi) is 6.96. The van der Waals surface area contributed by atoms with Crippen molar-refractivity contribution in [3.05, 3.63) is 73.5 Å². The molecule has 168 valence electrons. The van der Waals surface area contributed by atoms with Crippen molar-refractivity contribution in [1.82, 2.24) is 4.98 Å². The maximum atomic E-state index is 12.3. The maximum Gasteiger partial charge on any atom is 0.268 e. The van der Waals surface area contributed by atoms with Gasteiger partial charge in [-0.25, -0.2) is 0 Å². The number of aromatic amines is 1. The van der Waals surface area contributed by atoms with Crippen LogP contribution in [0.4, 0.5) is 5.82 Å². The number of hydrogen-bond acceptors (Lipinski definition) is 6. The molecule has 0 amide bonds. The number of ether oxygens (including phenoxy) is 2. The van der Waals surface area contributed by atoms with Gasteiger partial charge in [0.1, 0.15) is 47.2 Å². The number of aryl methyl sites for hydroxylation is 1. The van der Waals surface area contributed by atoms with Gasteiger partial charge in [-0.05, 0) is 53.8 Å². The molecule has 0 spiro atoms. The summed E-state index contributed by atoms with van der Waals surface area (Å²) in [7, 11) is 1.54. The lowest BCUT2D eigenvalue weighted by Gasteiger charge is -2.18. The zero-order valence-corrected chi connectivity index (χ0v) is 19.5. The number of nitrogens with two attached hydrogens (primary N) is 1. The minimum atomic E-state index is -0.657. The Morgan fingerprint density at radius 1 is 1.12 bits per heavy atom. The second kappa shape index (κ2) is 9.68. The topological polar surface area (TPSA) is 125 Å². The van der Waals surface area contributed by atoms with Crippen molar-refractivity contribution in [3.8, 4) is 34.8 Å². The highest BCUT2D eigenvalue weighted by molar-refractivity contribution is 6.31. The summed E-state index contributed by atoms with van der Waals surface area (Å²) in [5.41, 5.74) is 8.23. The van der Waals surface area contributed by atoms with E-state index in [0.29, 0.717) is 27.6 Å². The first-order chi connectivity index (χ1) is 15.7. The number of aromatic nitrogens is 1. The molecule has 0 atom stereocenters. The fourth-order valence-electron chi connectivity index (χ4n) is 3.58. The average molecular weight is 463 g/mol. The summed E-state index contributed by atoms with van der Waals surface area (Å²) in [6.45, 7) is 6.17. The number of nitrogen functional groups attached to an aromatic ring is 1. The molecule has 0 aliphatic rings. The normalized spacial score (nSPS) is 10.5. The Bertz CT molecular complexity index is 1360. The van der Waals surface area contributed by atoms with Crippen LogP contribution in [0.1, 0.15) is 47.6 Å². The van der Waals surface area contributed by atoms with E-state index in [1.807, 2.05) is 31.2 Å². The number of halogens is 1. The zero-order chi connectivity index (χ0) is 24.3. The molecule has 0 aliphatic carbocycles. The second-order valence-corrected chi connectivity index (χ2v) is 8.23. The van der Waals surface area contributed by atoms with Gasteiger partial charge in [-0.15, -0.1) is 0 Å². The van der Waals surface area contributed by atoms with Gasteiger partial charge in [0.25, 0.3) is 5.56 Å². The smallest absolute Gasteiger partial charge is 0.268 e. The van der Waals surface area contributed by atoms with Gasteiger partial charge in [0.2, 0.25) is 0 Å². The summed E-state index contributed by atoms with van der Waals surface area (Å²) in [5.74, 6) is 1.37. The summed E-state index contributed by atoms with van der Waals surface area (Å²) < 4.78 is 11.6. The lowest BCUT2D eigenvalue weighted by Crippen LogP contribution is -2.16. The minimum absolute atomic E-state index is 0.0265. The highest BCUT2D eigenvalue weighted by Crippen LogP contribution is 2.35. The molecule has 0 fully saturated rings. The van der Waals surface area contributed by atoms with Crippen molar-refractivity contribution in [3.63, 3.8) is 0 Å². The maximum absolute atomic E-state index is 12.3. The van der Waals surface area contributed by atoms with Crippen molar-refractivity contribution in [2.75, 3.05) is 12.8 Å². The molecule has 3 aromatic rings. The van der Waals surface area contributed by atoms with Crippen LogP contribution in [0.15, 0.2) is 35.1 Å². The van der Waals surface area contributed by atoms with E-state index in [1.165, 1.54) is 7.11 Å². The zero-order valence-electron chi connectivity index (χ0n) is 18.7. The van der Waals surface area contributed by atoms with E-state index in [9.17, 15) is 15.3 Å². The van der Waals surface area contributed by atoms with Gasteiger partial charge in [-0.1, -0.05) is 31.5 Å². The number of methoxy groups -OCH3 is 1. The molecular formula is C25H23ClN4O3. The number of pyridine rings is 1. The molecule has 1 heterocycles. The Hall–Kier alpha value is -3.94. The third-order valence-corrected chi connectivity index (χ3v) is 5.74. The molecule has 33 heavy (non-hydrogen) atoms. The number of H-pyrrole nitrogens is 1. The molecule has 0 radical (unpaired) electrons. The standard InChI is InChI=1S/C25H23ClN4O3/c1-13(2)17-9-20(26)14(3)7-22(17)33-12-16-8-15(5-6-21(16)32-4)23-18(10-27)24(29)30-25(31)19(23)11-28/h5-9,13H,12H2,1-4H3,(H3,29,30,31). The first-order valence-electron chi connectivity index (χ1n) is 10.2. The van der Waals surface area contributed by atoms with Crippen LogP contribution in [0.3, 0.4) is 0 Å². The first-order valence-corrected chi connectivity index (χ1v) is 10.6. The van der Waals surface area contributed by atoms with Gasteiger partial charge in [-0.3, -0.25) is 4.79 Å². The highest BCUT2D eigenvalue weighted by Gasteiger charge is 2.20. The number of hydrogen-bond donors (Lipinski definition) is 2. The van der Waals surface area contributed by atoms with Gasteiger partial charge in [0.15, 0.2) is 0 Å². The summed E-state index contributed by atoms with van der Waals surface area (Å²) in [5, 5.41) is 19.8. The summed E-state index contributed by atoms with van der Waals surface area (Å²) in [6.07, 6.45) is 0. The van der Waals surface area contributed by atoms with E-state index < -0.39 is 5.56 Å². The number of nitriles is 2. The van der Waals surface area contributed by atoms with Gasteiger partial charge in [0.05, 0.1) is 7.11 Å². The third-order valence-electron chi connectivity index (χ3n) is 5.33. The highest BCUT2D eigenvalue weighted by atomic mass is 35.5. The van der Waals surface area contributed by atoms with Crippen LogP contribution in [-0.2, 0) is 6.61 Å². The molecule has 0 bridgehead atoms. The van der Waals surface area contributed by atoms with Crippen molar-refractivity contribution in [2.24, 2.45) is 0 Å². The Morgan fingerprint density at radius 3 is 2.42 bits per heavy atom. The summed E-state index contributed by atoms with van der Waals surface area (Å²) in [4.78, 5) is 14.6. The molecule has 7 nitrogen and oxygen atoms in total. The lowest BCUT2D eigenvalue weighted by molar-refractivity contribution is 0.292. The van der Waals surface area contributed by atoms with E-state index in [0.717, 1.165) is 11.1 Å². The van der Waals surface area contributed by atoms with Crippen LogP contribution < -0.4 is 20.8 Å². The Labute approximate surface area is 197 Å². The molecule has 0 unspecified atom stereocenters. The summed E-state index contributed by atoms with van der Waals surface area (Å²) in [6, 6.07) is 12.8. The van der Waals surface area contributed by atoms with E-state index >= 15 is 0 Å². The van der Waals surface area contributed by atoms with Crippen molar-refractivity contribution in [2.45, 2.75) is 33.3 Å². The molecule has 8 heteroatoms. The predicted molar refractivity (Wildman–Crippen MR) is 128 cm³/mol. The Balaban J connectivity index is 2.10. The average Bonchev–Trinajstić information content (AvgIpc) is 2.78. The molecule has 1 aromatic heterocycles. The van der Waals surface area contributed by atoms with Gasteiger partial charge >= 0.3 is 0 Å². The van der Waals surface area contributed by atoms with Crippen LogP contribution in [-0.4, -0.2) is 12.1 Å².